The molecule has 1 aliphatic rings. The third-order valence-electron chi connectivity index (χ3n) is 5.21. The molecule has 3 aromatic carbocycles. The minimum Gasteiger partial charge on any atom is -0.484 e. The van der Waals surface area contributed by atoms with Gasteiger partial charge in [-0.2, -0.15) is 5.26 Å². The Bertz CT molecular complexity index is 1370. The fourth-order valence-electron chi connectivity index (χ4n) is 3.56. The molecule has 3 aromatic rings. The standard InChI is InChI=1S/C24H20FN3O5S/c25-18-6-4-16(5-7-18)11-24(30)27-19-8-9-23-22(12-19)28(14-20(15-29)33-23)34(31,32)21-3-1-2-17(10-21)13-26/h1-10,12,20,29H,11,14-15H2,(H,27,30)/t20-/m0/s1. The van der Waals surface area contributed by atoms with Crippen molar-refractivity contribution >= 4 is 27.3 Å². The number of fused-ring (bicyclic) bond motifs is 1. The van der Waals surface area contributed by atoms with Crippen LogP contribution in [-0.4, -0.2) is 38.7 Å². The van der Waals surface area contributed by atoms with Gasteiger partial charge in [-0.15, -0.1) is 0 Å². The second-order valence-corrected chi connectivity index (χ2v) is 9.49. The normalized spacial score (nSPS) is 15.1. The van der Waals surface area contributed by atoms with Crippen LogP contribution in [0.4, 0.5) is 15.8 Å². The summed E-state index contributed by atoms with van der Waals surface area (Å²) in [5, 5.41) is 21.5. The summed E-state index contributed by atoms with van der Waals surface area (Å²) in [5.41, 5.74) is 1.33. The number of aliphatic hydroxyl groups is 1. The Hall–Kier alpha value is -3.94. The van der Waals surface area contributed by atoms with E-state index < -0.39 is 28.6 Å². The maximum absolute atomic E-state index is 13.4. The zero-order valence-corrected chi connectivity index (χ0v) is 18.6. The number of nitrogens with zero attached hydrogens (tertiary/aromatic N) is 2. The maximum atomic E-state index is 13.4. The zero-order valence-electron chi connectivity index (χ0n) is 17.8. The van der Waals surface area contributed by atoms with Gasteiger partial charge in [0, 0.05) is 5.69 Å². The Labute approximate surface area is 195 Å². The largest absolute Gasteiger partial charge is 0.484 e. The number of halogens is 1. The number of benzene rings is 3. The lowest BCUT2D eigenvalue weighted by Gasteiger charge is -2.35. The molecule has 8 nitrogen and oxygen atoms in total. The van der Waals surface area contributed by atoms with Gasteiger partial charge in [0.2, 0.25) is 5.91 Å². The van der Waals surface area contributed by atoms with Crippen molar-refractivity contribution in [2.75, 3.05) is 22.8 Å². The van der Waals surface area contributed by atoms with E-state index in [0.717, 1.165) is 4.31 Å². The quantitative estimate of drug-likeness (QED) is 0.559. The number of aliphatic hydroxyl groups excluding tert-OH is 1. The first kappa shape index (κ1) is 23.2. The molecular weight excluding hydrogens is 461 g/mol. The van der Waals surface area contributed by atoms with Crippen molar-refractivity contribution in [1.29, 1.82) is 5.26 Å². The Morgan fingerprint density at radius 2 is 1.94 bits per heavy atom. The van der Waals surface area contributed by atoms with Crippen molar-refractivity contribution in [2.45, 2.75) is 17.4 Å². The van der Waals surface area contributed by atoms with Gasteiger partial charge in [0.1, 0.15) is 17.7 Å². The second-order valence-electron chi connectivity index (χ2n) is 7.63. The number of carbonyl (C=O) groups is 1. The van der Waals surface area contributed by atoms with Gasteiger partial charge < -0.3 is 15.2 Å². The topological polar surface area (TPSA) is 120 Å². The smallest absolute Gasteiger partial charge is 0.264 e. The van der Waals surface area contributed by atoms with Gasteiger partial charge in [0.05, 0.1) is 41.8 Å². The molecule has 10 heteroatoms. The number of sulfonamides is 1. The monoisotopic (exact) mass is 481 g/mol. The van der Waals surface area contributed by atoms with Crippen LogP contribution in [0.25, 0.3) is 0 Å². The molecule has 174 valence electrons. The van der Waals surface area contributed by atoms with E-state index in [4.69, 9.17) is 10.00 Å². The fourth-order valence-corrected chi connectivity index (χ4v) is 5.10. The van der Waals surface area contributed by atoms with Crippen LogP contribution in [0, 0.1) is 17.1 Å². The highest BCUT2D eigenvalue weighted by Crippen LogP contribution is 2.39. The summed E-state index contributed by atoms with van der Waals surface area (Å²) in [6, 6.07) is 17.6. The number of amides is 1. The lowest BCUT2D eigenvalue weighted by Crippen LogP contribution is -2.45. The molecule has 1 amide bonds. The van der Waals surface area contributed by atoms with Crippen LogP contribution in [0.3, 0.4) is 0 Å². The number of rotatable bonds is 6. The minimum absolute atomic E-state index is 0.00339. The summed E-state index contributed by atoms with van der Waals surface area (Å²) in [6.45, 7) is -0.560. The number of carbonyl (C=O) groups excluding carboxylic acids is 1. The van der Waals surface area contributed by atoms with Crippen LogP contribution in [0.2, 0.25) is 0 Å². The third kappa shape index (κ3) is 4.85. The lowest BCUT2D eigenvalue weighted by molar-refractivity contribution is -0.115. The molecule has 0 saturated heterocycles. The average molecular weight is 482 g/mol. The molecule has 2 N–H and O–H groups in total. The highest BCUT2D eigenvalue weighted by Gasteiger charge is 2.34. The van der Waals surface area contributed by atoms with Gasteiger partial charge in [-0.25, -0.2) is 12.8 Å². The molecule has 0 spiro atoms. The fraction of sp³-hybridized carbons (Fsp3) is 0.167. The summed E-state index contributed by atoms with van der Waals surface area (Å²) < 4.78 is 46.8. The molecule has 1 atom stereocenters. The average Bonchev–Trinajstić information content (AvgIpc) is 2.84. The van der Waals surface area contributed by atoms with Gasteiger partial charge in [-0.1, -0.05) is 18.2 Å². The number of nitrogens with one attached hydrogen (secondary N) is 1. The van der Waals surface area contributed by atoms with Crippen LogP contribution in [0.5, 0.6) is 5.75 Å². The summed E-state index contributed by atoms with van der Waals surface area (Å²) in [4.78, 5) is 12.4. The second kappa shape index (κ2) is 9.51. The summed E-state index contributed by atoms with van der Waals surface area (Å²) >= 11 is 0. The predicted molar refractivity (Wildman–Crippen MR) is 122 cm³/mol. The molecule has 1 aliphatic heterocycles. The minimum atomic E-state index is -4.11. The van der Waals surface area contributed by atoms with Crippen LogP contribution >= 0.6 is 0 Å². The molecule has 0 radical (unpaired) electrons. The molecule has 0 aliphatic carbocycles. The van der Waals surface area contributed by atoms with Gasteiger partial charge in [0.25, 0.3) is 10.0 Å². The van der Waals surface area contributed by atoms with E-state index in [0.29, 0.717) is 11.3 Å². The molecule has 0 unspecified atom stereocenters. The van der Waals surface area contributed by atoms with E-state index >= 15 is 0 Å². The first-order chi connectivity index (χ1) is 16.3. The Kier molecular flexibility index (Phi) is 6.49. The van der Waals surface area contributed by atoms with Gasteiger partial charge in [0.15, 0.2) is 0 Å². The number of hydrogen-bond acceptors (Lipinski definition) is 6. The Morgan fingerprint density at radius 3 is 2.65 bits per heavy atom. The maximum Gasteiger partial charge on any atom is 0.264 e. The van der Waals surface area contributed by atoms with Gasteiger partial charge in [-0.05, 0) is 54.1 Å². The van der Waals surface area contributed by atoms with Crippen molar-refractivity contribution < 1.29 is 27.4 Å². The first-order valence-corrected chi connectivity index (χ1v) is 11.7. The SMILES string of the molecule is N#Cc1cccc(S(=O)(=O)N2C[C@@H](CO)Oc3ccc(NC(=O)Cc4ccc(F)cc4)cc32)c1. The zero-order chi connectivity index (χ0) is 24.3. The highest BCUT2D eigenvalue weighted by molar-refractivity contribution is 7.92. The number of ether oxygens (including phenoxy) is 1. The van der Waals surface area contributed by atoms with E-state index in [1.54, 1.807) is 6.07 Å². The van der Waals surface area contributed by atoms with Crippen molar-refractivity contribution in [3.05, 3.63) is 83.7 Å². The Morgan fingerprint density at radius 1 is 1.18 bits per heavy atom. The van der Waals surface area contributed by atoms with Crippen LogP contribution in [0.15, 0.2) is 71.6 Å². The predicted octanol–water partition coefficient (Wildman–Crippen LogP) is 2.83. The third-order valence-corrected chi connectivity index (χ3v) is 6.98. The molecule has 4 rings (SSSR count). The molecule has 1 heterocycles. The van der Waals surface area contributed by atoms with E-state index in [1.165, 1.54) is 60.7 Å². The van der Waals surface area contributed by atoms with Crippen LogP contribution in [-0.2, 0) is 21.2 Å². The van der Waals surface area contributed by atoms with Crippen LogP contribution in [0.1, 0.15) is 11.1 Å². The molecule has 34 heavy (non-hydrogen) atoms. The number of anilines is 2. The van der Waals surface area contributed by atoms with E-state index in [1.807, 2.05) is 6.07 Å². The summed E-state index contributed by atoms with van der Waals surface area (Å²) in [6.07, 6.45) is -0.788. The van der Waals surface area contributed by atoms with Crippen molar-refractivity contribution in [1.82, 2.24) is 0 Å². The van der Waals surface area contributed by atoms with Gasteiger partial charge >= 0.3 is 0 Å². The number of hydrogen-bond donors (Lipinski definition) is 2. The Balaban J connectivity index is 1.64. The molecular formula is C24H20FN3O5S. The highest BCUT2D eigenvalue weighted by atomic mass is 32.2. The van der Waals surface area contributed by atoms with Gasteiger partial charge in [-0.3, -0.25) is 9.10 Å². The summed E-state index contributed by atoms with van der Waals surface area (Å²) in [5.74, 6) is -0.545. The lowest BCUT2D eigenvalue weighted by atomic mass is 10.1. The summed E-state index contributed by atoms with van der Waals surface area (Å²) in [7, 11) is -4.11. The van der Waals surface area contributed by atoms with Crippen molar-refractivity contribution in [2.24, 2.45) is 0 Å². The molecule has 0 saturated carbocycles. The molecule has 0 fully saturated rings. The molecule has 0 aromatic heterocycles. The van der Waals surface area contributed by atoms with Crippen LogP contribution < -0.4 is 14.4 Å². The van der Waals surface area contributed by atoms with E-state index in [2.05, 4.69) is 5.32 Å². The molecule has 0 bridgehead atoms. The van der Waals surface area contributed by atoms with Crippen molar-refractivity contribution in [3.63, 3.8) is 0 Å². The number of nitriles is 1. The van der Waals surface area contributed by atoms with E-state index in [-0.39, 0.29) is 40.8 Å². The first-order valence-electron chi connectivity index (χ1n) is 10.3. The van der Waals surface area contributed by atoms with E-state index in [9.17, 15) is 22.7 Å². The van der Waals surface area contributed by atoms with Crippen molar-refractivity contribution in [3.8, 4) is 11.8 Å².